The van der Waals surface area contributed by atoms with Crippen LogP contribution in [0.5, 0.6) is 0 Å². The lowest BCUT2D eigenvalue weighted by Crippen LogP contribution is -3.00. The molecule has 26 heavy (non-hydrogen) atoms. The van der Waals surface area contributed by atoms with Gasteiger partial charge < -0.3 is 17.0 Å². The van der Waals surface area contributed by atoms with Crippen molar-refractivity contribution < 1.29 is 21.6 Å². The van der Waals surface area contributed by atoms with E-state index in [4.69, 9.17) is 0 Å². The molecule has 4 rings (SSSR count). The molecule has 0 bridgehead atoms. The number of halogens is 1. The minimum Gasteiger partial charge on any atom is -1.00 e. The van der Waals surface area contributed by atoms with Crippen molar-refractivity contribution in [1.29, 1.82) is 0 Å². The Bertz CT molecular complexity index is 872. The first-order chi connectivity index (χ1) is 12.2. The third kappa shape index (κ3) is 3.14. The second-order valence-electron chi connectivity index (χ2n) is 7.07. The summed E-state index contributed by atoms with van der Waals surface area (Å²) >= 11 is 0. The monoisotopic (exact) mass is 405 g/mol. The second kappa shape index (κ2) is 7.59. The van der Waals surface area contributed by atoms with Crippen molar-refractivity contribution in [2.24, 2.45) is 0 Å². The van der Waals surface area contributed by atoms with Crippen LogP contribution < -0.4 is 17.0 Å². The van der Waals surface area contributed by atoms with E-state index in [0.29, 0.717) is 0 Å². The lowest BCUT2D eigenvalue weighted by molar-refractivity contribution is -0.403. The van der Waals surface area contributed by atoms with Crippen LogP contribution in [0.2, 0.25) is 0 Å². The average molecular weight is 406 g/mol. The number of hydrogen-bond acceptors (Lipinski definition) is 0. The molecule has 0 amide bonds. The summed E-state index contributed by atoms with van der Waals surface area (Å²) in [6.45, 7) is 2.30. The van der Waals surface area contributed by atoms with Gasteiger partial charge in [0, 0.05) is 18.6 Å². The summed E-state index contributed by atoms with van der Waals surface area (Å²) < 4.78 is 2.38. The molecule has 0 atom stereocenters. The minimum atomic E-state index is 0. The Hall–Kier alpha value is -2.19. The quantitative estimate of drug-likeness (QED) is 0.585. The zero-order chi connectivity index (χ0) is 17.3. The molecule has 1 nitrogen and oxygen atoms in total. The van der Waals surface area contributed by atoms with Crippen LogP contribution in [0.25, 0.3) is 0 Å². The van der Waals surface area contributed by atoms with Crippen LogP contribution in [0, 0.1) is 0 Å². The molecule has 0 spiro atoms. The molecule has 0 saturated carbocycles. The number of nitrogens with zero attached hydrogens (tertiary/aromatic N) is 1. The van der Waals surface area contributed by atoms with Gasteiger partial charge in [0.1, 0.15) is 7.05 Å². The number of hydrogen-bond donors (Lipinski definition) is 0. The largest absolute Gasteiger partial charge is 1.00 e. The van der Waals surface area contributed by atoms with Gasteiger partial charge in [-0.1, -0.05) is 78.9 Å². The molecule has 0 N–H and O–H groups in total. The van der Waals surface area contributed by atoms with Crippen LogP contribution in [0.1, 0.15) is 23.6 Å². The number of para-hydroxylation sites is 1. The van der Waals surface area contributed by atoms with Gasteiger partial charge in [-0.25, -0.2) is 4.58 Å². The maximum atomic E-state index is 2.38. The first kappa shape index (κ1) is 18.6. The predicted octanol–water partition coefficient (Wildman–Crippen LogP) is 2.16. The molecule has 1 aliphatic heterocycles. The Labute approximate surface area is 166 Å². The lowest BCUT2D eigenvalue weighted by atomic mass is 9.69. The summed E-state index contributed by atoms with van der Waals surface area (Å²) in [6.07, 6.45) is 2.05. The summed E-state index contributed by atoms with van der Waals surface area (Å²) in [5, 5.41) is 0. The van der Waals surface area contributed by atoms with E-state index < -0.39 is 0 Å². The van der Waals surface area contributed by atoms with E-state index in [9.17, 15) is 0 Å². The maximum absolute atomic E-state index is 2.38. The molecule has 0 radical (unpaired) electrons. The minimum absolute atomic E-state index is 0. The zero-order valence-electron chi connectivity index (χ0n) is 15.3. The Morgan fingerprint density at radius 3 is 1.69 bits per heavy atom. The van der Waals surface area contributed by atoms with Gasteiger partial charge in [0.15, 0.2) is 5.71 Å². The van der Waals surface area contributed by atoms with E-state index in [1.54, 1.807) is 0 Å². The summed E-state index contributed by atoms with van der Waals surface area (Å²) in [4.78, 5) is 0. The molecular formula is C24H24BrN. The van der Waals surface area contributed by atoms with E-state index in [1.807, 2.05) is 0 Å². The average Bonchev–Trinajstić information content (AvgIpc) is 2.86. The first-order valence-corrected chi connectivity index (χ1v) is 8.96. The fourth-order valence-corrected chi connectivity index (χ4v) is 4.26. The number of rotatable bonds is 4. The topological polar surface area (TPSA) is 3.01 Å². The maximum Gasteiger partial charge on any atom is 0.209 e. The zero-order valence-corrected chi connectivity index (χ0v) is 16.9. The van der Waals surface area contributed by atoms with E-state index in [1.165, 1.54) is 28.1 Å². The van der Waals surface area contributed by atoms with Crippen LogP contribution in [0.4, 0.5) is 5.69 Å². The summed E-state index contributed by atoms with van der Waals surface area (Å²) in [6, 6.07) is 30.7. The Morgan fingerprint density at radius 1 is 0.692 bits per heavy atom. The summed E-state index contributed by atoms with van der Waals surface area (Å²) in [7, 11) is 2.20. The van der Waals surface area contributed by atoms with Crippen LogP contribution in [-0.2, 0) is 18.3 Å². The van der Waals surface area contributed by atoms with E-state index in [-0.39, 0.29) is 22.4 Å². The number of fused-ring (bicyclic) bond motifs is 1. The van der Waals surface area contributed by atoms with Crippen molar-refractivity contribution in [2.75, 3.05) is 7.05 Å². The Balaban J connectivity index is 0.00000196. The number of benzene rings is 3. The van der Waals surface area contributed by atoms with Gasteiger partial charge in [-0.15, -0.1) is 0 Å². The molecule has 0 saturated heterocycles. The summed E-state index contributed by atoms with van der Waals surface area (Å²) in [5.74, 6) is 0. The molecule has 0 aliphatic carbocycles. The van der Waals surface area contributed by atoms with Gasteiger partial charge in [-0.2, -0.15) is 0 Å². The molecule has 3 aromatic rings. The lowest BCUT2D eigenvalue weighted by Gasteiger charge is -2.28. The highest BCUT2D eigenvalue weighted by molar-refractivity contribution is 5.94. The SMILES string of the molecule is CC1=[N+](C)c2ccccc2C1(Cc1ccccc1)Cc1ccccc1.[Br-]. The predicted molar refractivity (Wildman–Crippen MR) is 105 cm³/mol. The molecule has 2 heteroatoms. The van der Waals surface area contributed by atoms with Crippen molar-refractivity contribution in [3.05, 3.63) is 102 Å². The van der Waals surface area contributed by atoms with Crippen LogP contribution in [-0.4, -0.2) is 17.3 Å². The second-order valence-corrected chi connectivity index (χ2v) is 7.07. The molecule has 0 aromatic heterocycles. The normalized spacial score (nSPS) is 14.7. The van der Waals surface area contributed by atoms with E-state index in [0.717, 1.165) is 12.8 Å². The smallest absolute Gasteiger partial charge is 0.209 e. The van der Waals surface area contributed by atoms with Gasteiger partial charge in [-0.3, -0.25) is 0 Å². The molecule has 3 aromatic carbocycles. The molecule has 1 heterocycles. The molecule has 0 fully saturated rings. The van der Waals surface area contributed by atoms with Gasteiger partial charge in [-0.05, 0) is 24.0 Å². The van der Waals surface area contributed by atoms with Crippen LogP contribution >= 0.6 is 0 Å². The van der Waals surface area contributed by atoms with Crippen molar-refractivity contribution in [1.82, 2.24) is 0 Å². The highest BCUT2D eigenvalue weighted by atomic mass is 79.9. The van der Waals surface area contributed by atoms with Crippen molar-refractivity contribution in [2.45, 2.75) is 25.2 Å². The van der Waals surface area contributed by atoms with E-state index >= 15 is 0 Å². The van der Waals surface area contributed by atoms with Gasteiger partial charge >= 0.3 is 0 Å². The van der Waals surface area contributed by atoms with E-state index in [2.05, 4.69) is 103 Å². The fraction of sp³-hybridized carbons (Fsp3) is 0.208. The van der Waals surface area contributed by atoms with Crippen molar-refractivity contribution in [3.63, 3.8) is 0 Å². The first-order valence-electron chi connectivity index (χ1n) is 8.96. The third-order valence-corrected chi connectivity index (χ3v) is 5.67. The standard InChI is InChI=1S/C24H24N.BrH/c1-19-24(17-20-11-5-3-6-12-20,18-21-13-7-4-8-14-21)22-15-9-10-16-23(22)25(19)2;/h3-16H,17-18H2,1-2H3;1H/q+1;/p-1. The summed E-state index contributed by atoms with van der Waals surface area (Å²) in [5.41, 5.74) is 7.01. The molecule has 132 valence electrons. The molecular weight excluding hydrogens is 382 g/mol. The van der Waals surface area contributed by atoms with Crippen molar-refractivity contribution in [3.8, 4) is 0 Å². The van der Waals surface area contributed by atoms with Crippen LogP contribution in [0.3, 0.4) is 0 Å². The van der Waals surface area contributed by atoms with Crippen molar-refractivity contribution >= 4 is 11.4 Å². The highest BCUT2D eigenvalue weighted by Crippen LogP contribution is 2.43. The Kier molecular flexibility index (Phi) is 5.43. The molecule has 0 unspecified atom stereocenters. The highest BCUT2D eigenvalue weighted by Gasteiger charge is 2.48. The molecule has 1 aliphatic rings. The fourth-order valence-electron chi connectivity index (χ4n) is 4.26. The van der Waals surface area contributed by atoms with Crippen LogP contribution in [0.15, 0.2) is 84.9 Å². The third-order valence-electron chi connectivity index (χ3n) is 5.67. The Morgan fingerprint density at radius 2 is 1.15 bits per heavy atom. The van der Waals surface area contributed by atoms with Gasteiger partial charge in [0.2, 0.25) is 5.69 Å². The van der Waals surface area contributed by atoms with Gasteiger partial charge in [0.05, 0.1) is 5.41 Å². The van der Waals surface area contributed by atoms with Gasteiger partial charge in [0.25, 0.3) is 0 Å².